The van der Waals surface area contributed by atoms with Crippen LogP contribution in [0.2, 0.25) is 4.34 Å². The molecule has 2 nitrogen and oxygen atoms in total. The Balaban J connectivity index is 2.43. The molecule has 0 bridgehead atoms. The van der Waals surface area contributed by atoms with E-state index in [1.54, 1.807) is 15.8 Å². The van der Waals surface area contributed by atoms with Crippen molar-refractivity contribution in [3.63, 3.8) is 0 Å². The summed E-state index contributed by atoms with van der Waals surface area (Å²) in [5, 5.41) is 3.15. The van der Waals surface area contributed by atoms with E-state index >= 15 is 0 Å². The van der Waals surface area contributed by atoms with Gasteiger partial charge in [-0.05, 0) is 6.07 Å². The first-order chi connectivity index (χ1) is 5.27. The summed E-state index contributed by atoms with van der Waals surface area (Å²) < 4.78 is 2.44. The van der Waals surface area contributed by atoms with Crippen LogP contribution in [0, 0.1) is 0 Å². The number of fused-ring (bicyclic) bond motifs is 1. The summed E-state index contributed by atoms with van der Waals surface area (Å²) in [5.74, 6) is 0. The summed E-state index contributed by atoms with van der Waals surface area (Å²) in [6.45, 7) is 1.55. The summed E-state index contributed by atoms with van der Waals surface area (Å²) >= 11 is 13.3. The fourth-order valence-electron chi connectivity index (χ4n) is 1.07. The van der Waals surface area contributed by atoms with Crippen molar-refractivity contribution in [2.24, 2.45) is 0 Å². The van der Waals surface area contributed by atoms with E-state index < -0.39 is 0 Å². The number of nitrogens with zero attached hydrogens (tertiary/aromatic N) is 1. The van der Waals surface area contributed by atoms with Crippen LogP contribution in [0.25, 0.3) is 0 Å². The van der Waals surface area contributed by atoms with E-state index in [1.807, 2.05) is 6.07 Å². The van der Waals surface area contributed by atoms with E-state index in [4.69, 9.17) is 23.4 Å². The lowest BCUT2D eigenvalue weighted by molar-refractivity contribution is 0.689. The number of halogens is 2. The Morgan fingerprint density at radius 2 is 2.45 bits per heavy atom. The van der Waals surface area contributed by atoms with Crippen LogP contribution >= 0.6 is 34.7 Å². The number of nitrogens with one attached hydrogen (secondary N) is 1. The zero-order valence-corrected chi connectivity index (χ0v) is 7.93. The molecule has 1 aliphatic rings. The van der Waals surface area contributed by atoms with Gasteiger partial charge in [0.25, 0.3) is 0 Å². The van der Waals surface area contributed by atoms with E-state index in [1.165, 1.54) is 4.88 Å². The Labute approximate surface area is 78.8 Å². The SMILES string of the molecule is Clc1cc2c(s1)CNCN2Cl. The highest BCUT2D eigenvalue weighted by atomic mass is 35.5. The number of hydrogen-bond acceptors (Lipinski definition) is 3. The van der Waals surface area contributed by atoms with E-state index in [2.05, 4.69) is 5.32 Å². The fraction of sp³-hybridized carbons (Fsp3) is 0.333. The Morgan fingerprint density at radius 1 is 1.64 bits per heavy atom. The molecular formula is C6H6Cl2N2S. The van der Waals surface area contributed by atoms with Crippen molar-refractivity contribution < 1.29 is 0 Å². The van der Waals surface area contributed by atoms with Crippen LogP contribution in [-0.2, 0) is 6.54 Å². The average molecular weight is 209 g/mol. The minimum atomic E-state index is 0.682. The quantitative estimate of drug-likeness (QED) is 0.660. The van der Waals surface area contributed by atoms with E-state index in [-0.39, 0.29) is 0 Å². The van der Waals surface area contributed by atoms with Crippen molar-refractivity contribution in [2.45, 2.75) is 6.54 Å². The molecule has 1 aromatic rings. The maximum absolute atomic E-state index is 5.88. The van der Waals surface area contributed by atoms with Gasteiger partial charge in [-0.2, -0.15) is 0 Å². The van der Waals surface area contributed by atoms with Gasteiger partial charge in [0, 0.05) is 23.2 Å². The van der Waals surface area contributed by atoms with Gasteiger partial charge in [-0.3, -0.25) is 9.74 Å². The molecule has 11 heavy (non-hydrogen) atoms. The molecule has 0 fully saturated rings. The molecule has 0 atom stereocenters. The number of thiophene rings is 1. The predicted octanol–water partition coefficient (Wildman–Crippen LogP) is 2.42. The molecule has 0 aromatic carbocycles. The van der Waals surface area contributed by atoms with Crippen molar-refractivity contribution in [1.82, 2.24) is 5.32 Å². The van der Waals surface area contributed by atoms with Gasteiger partial charge in [0.15, 0.2) is 0 Å². The second kappa shape index (κ2) is 2.83. The van der Waals surface area contributed by atoms with Crippen LogP contribution in [0.1, 0.15) is 4.88 Å². The second-order valence-electron chi connectivity index (χ2n) is 2.31. The number of rotatable bonds is 0. The van der Waals surface area contributed by atoms with Gasteiger partial charge < -0.3 is 0 Å². The van der Waals surface area contributed by atoms with Crippen LogP contribution in [0.4, 0.5) is 5.69 Å². The zero-order valence-electron chi connectivity index (χ0n) is 5.60. The maximum atomic E-state index is 5.88. The standard InChI is InChI=1S/C6H6Cl2N2S/c7-6-1-4-5(11-6)2-9-3-10(4)8/h1,9H,2-3H2. The Bertz CT molecular complexity index is 274. The van der Waals surface area contributed by atoms with Crippen LogP contribution in [0.3, 0.4) is 0 Å². The van der Waals surface area contributed by atoms with E-state index in [9.17, 15) is 0 Å². The molecule has 1 aromatic heterocycles. The van der Waals surface area contributed by atoms with Crippen molar-refractivity contribution in [3.05, 3.63) is 15.3 Å². The summed E-state index contributed by atoms with van der Waals surface area (Å²) in [4.78, 5) is 1.20. The number of anilines is 1. The largest absolute Gasteiger partial charge is 0.294 e. The molecule has 0 amide bonds. The van der Waals surface area contributed by atoms with Gasteiger partial charge in [0.05, 0.1) is 16.7 Å². The van der Waals surface area contributed by atoms with Gasteiger partial charge in [0.2, 0.25) is 0 Å². The third-order valence-corrected chi connectivity index (χ3v) is 3.11. The Kier molecular flexibility index (Phi) is 1.97. The van der Waals surface area contributed by atoms with Crippen LogP contribution < -0.4 is 9.74 Å². The number of hydrogen-bond donors (Lipinski definition) is 1. The summed E-state index contributed by atoms with van der Waals surface area (Å²) in [6.07, 6.45) is 0. The molecule has 5 heteroatoms. The third-order valence-electron chi connectivity index (χ3n) is 1.55. The normalized spacial score (nSPS) is 16.7. The van der Waals surface area contributed by atoms with Gasteiger partial charge in [-0.1, -0.05) is 11.6 Å². The van der Waals surface area contributed by atoms with E-state index in [0.29, 0.717) is 6.67 Å². The lowest BCUT2D eigenvalue weighted by Gasteiger charge is -2.21. The van der Waals surface area contributed by atoms with Crippen molar-refractivity contribution in [2.75, 3.05) is 11.1 Å². The zero-order chi connectivity index (χ0) is 7.84. The minimum Gasteiger partial charge on any atom is -0.294 e. The summed E-state index contributed by atoms with van der Waals surface area (Å²) in [7, 11) is 0. The van der Waals surface area contributed by atoms with Gasteiger partial charge >= 0.3 is 0 Å². The van der Waals surface area contributed by atoms with Gasteiger partial charge in [0.1, 0.15) is 0 Å². The van der Waals surface area contributed by atoms with Gasteiger partial charge in [-0.25, -0.2) is 0 Å². The first kappa shape index (κ1) is 7.68. The van der Waals surface area contributed by atoms with Crippen LogP contribution in [0.15, 0.2) is 6.07 Å². The predicted molar refractivity (Wildman–Crippen MR) is 49.4 cm³/mol. The average Bonchev–Trinajstić information content (AvgIpc) is 2.31. The maximum Gasteiger partial charge on any atom is 0.0953 e. The molecule has 0 spiro atoms. The molecule has 1 N–H and O–H groups in total. The smallest absolute Gasteiger partial charge is 0.0953 e. The fourth-order valence-corrected chi connectivity index (χ4v) is 2.59. The molecular weight excluding hydrogens is 203 g/mol. The lowest BCUT2D eigenvalue weighted by atomic mass is 10.3. The molecule has 1 aliphatic heterocycles. The van der Waals surface area contributed by atoms with Crippen LogP contribution in [0.5, 0.6) is 0 Å². The minimum absolute atomic E-state index is 0.682. The second-order valence-corrected chi connectivity index (χ2v) is 4.48. The summed E-state index contributed by atoms with van der Waals surface area (Å²) in [6, 6.07) is 1.90. The molecule has 0 saturated heterocycles. The molecule has 0 aliphatic carbocycles. The Morgan fingerprint density at radius 3 is 3.18 bits per heavy atom. The summed E-state index contributed by atoms with van der Waals surface area (Å²) in [5.41, 5.74) is 1.04. The highest BCUT2D eigenvalue weighted by molar-refractivity contribution is 7.16. The van der Waals surface area contributed by atoms with Crippen molar-refractivity contribution >= 4 is 40.4 Å². The molecule has 2 heterocycles. The van der Waals surface area contributed by atoms with E-state index in [0.717, 1.165) is 16.6 Å². The van der Waals surface area contributed by atoms with Crippen LogP contribution in [-0.4, -0.2) is 6.67 Å². The first-order valence-corrected chi connectivity index (χ1v) is 4.73. The molecule has 2 rings (SSSR count). The molecule has 0 radical (unpaired) electrons. The first-order valence-electron chi connectivity index (χ1n) is 3.19. The topological polar surface area (TPSA) is 15.3 Å². The monoisotopic (exact) mass is 208 g/mol. The molecule has 60 valence electrons. The molecule has 0 unspecified atom stereocenters. The van der Waals surface area contributed by atoms with Crippen molar-refractivity contribution in [3.8, 4) is 0 Å². The Hall–Kier alpha value is 0.0400. The highest BCUT2D eigenvalue weighted by Crippen LogP contribution is 2.35. The third kappa shape index (κ3) is 1.34. The van der Waals surface area contributed by atoms with Gasteiger partial charge in [-0.15, -0.1) is 11.3 Å². The highest BCUT2D eigenvalue weighted by Gasteiger charge is 2.17. The lowest BCUT2D eigenvalue weighted by Crippen LogP contribution is -2.31. The molecule has 0 saturated carbocycles. The van der Waals surface area contributed by atoms with Crippen molar-refractivity contribution in [1.29, 1.82) is 0 Å².